The molecule has 0 radical (unpaired) electrons. The van der Waals surface area contributed by atoms with Crippen molar-refractivity contribution >= 4 is 10.8 Å². The van der Waals surface area contributed by atoms with Gasteiger partial charge in [-0.2, -0.15) is 5.10 Å². The maximum absolute atomic E-state index is 9.82. The summed E-state index contributed by atoms with van der Waals surface area (Å²) in [4.78, 5) is 6.61. The lowest BCUT2D eigenvalue weighted by Gasteiger charge is -2.20. The Hall–Kier alpha value is -2.28. The van der Waals surface area contributed by atoms with Crippen LogP contribution in [-0.2, 0) is 19.6 Å². The lowest BCUT2D eigenvalue weighted by Crippen LogP contribution is -2.22. The Morgan fingerprint density at radius 3 is 3.00 bits per heavy atom. The molecule has 3 aromatic rings. The Morgan fingerprint density at radius 1 is 1.20 bits per heavy atom. The van der Waals surface area contributed by atoms with Crippen LogP contribution in [0.1, 0.15) is 29.5 Å². The van der Waals surface area contributed by atoms with E-state index in [1.807, 2.05) is 23.1 Å². The highest BCUT2D eigenvalue weighted by molar-refractivity contribution is 5.84. The summed E-state index contributed by atoms with van der Waals surface area (Å²) in [6, 6.07) is 10.3. The van der Waals surface area contributed by atoms with Crippen LogP contribution in [0.3, 0.4) is 0 Å². The first-order valence-corrected chi connectivity index (χ1v) is 8.64. The first-order valence-electron chi connectivity index (χ1n) is 8.64. The van der Waals surface area contributed by atoms with Gasteiger partial charge in [-0.1, -0.05) is 18.2 Å². The first kappa shape index (κ1) is 16.2. The standard InChI is InChI=1S/C19H22N4O2/c24-13-19(25)18-9-16-12-22(7-2-8-23(16)21-18)11-15-4-1-3-14-10-20-6-5-17(14)15/h1,3-6,9-10,19,24-25H,2,7-8,11-13H2. The Balaban J connectivity index is 1.58. The van der Waals surface area contributed by atoms with Gasteiger partial charge in [0.1, 0.15) is 6.10 Å². The molecule has 0 saturated heterocycles. The number of pyridine rings is 1. The molecule has 0 bridgehead atoms. The van der Waals surface area contributed by atoms with E-state index in [4.69, 9.17) is 5.11 Å². The van der Waals surface area contributed by atoms with Gasteiger partial charge in [-0.15, -0.1) is 0 Å². The van der Waals surface area contributed by atoms with Gasteiger partial charge in [0.05, 0.1) is 18.0 Å². The maximum atomic E-state index is 9.82. The van der Waals surface area contributed by atoms with E-state index in [0.717, 1.165) is 43.7 Å². The van der Waals surface area contributed by atoms with Crippen LogP contribution in [0.2, 0.25) is 0 Å². The van der Waals surface area contributed by atoms with Crippen LogP contribution >= 0.6 is 0 Å². The van der Waals surface area contributed by atoms with Crippen molar-refractivity contribution in [3.63, 3.8) is 0 Å². The number of aromatic nitrogens is 3. The second-order valence-electron chi connectivity index (χ2n) is 6.56. The molecule has 6 heteroatoms. The first-order chi connectivity index (χ1) is 12.2. The van der Waals surface area contributed by atoms with E-state index in [9.17, 15) is 5.11 Å². The van der Waals surface area contributed by atoms with E-state index in [-0.39, 0.29) is 6.61 Å². The van der Waals surface area contributed by atoms with Gasteiger partial charge >= 0.3 is 0 Å². The molecule has 0 amide bonds. The fraction of sp³-hybridized carbons (Fsp3) is 0.368. The summed E-state index contributed by atoms with van der Waals surface area (Å²) in [5.41, 5.74) is 2.93. The molecule has 1 aliphatic heterocycles. The minimum Gasteiger partial charge on any atom is -0.393 e. The third kappa shape index (κ3) is 3.28. The molecular formula is C19H22N4O2. The molecule has 1 aromatic carbocycles. The molecule has 6 nitrogen and oxygen atoms in total. The van der Waals surface area contributed by atoms with Crippen LogP contribution in [-0.4, -0.2) is 43.0 Å². The average Bonchev–Trinajstić information content (AvgIpc) is 2.94. The number of fused-ring (bicyclic) bond motifs is 2. The summed E-state index contributed by atoms with van der Waals surface area (Å²) in [6.07, 6.45) is 3.85. The number of aryl methyl sites for hydroxylation is 1. The van der Waals surface area contributed by atoms with Gasteiger partial charge in [0.15, 0.2) is 0 Å². The Bertz CT molecular complexity index is 871. The highest BCUT2D eigenvalue weighted by Crippen LogP contribution is 2.22. The predicted octanol–water partition coefficient (Wildman–Crippen LogP) is 1.86. The predicted molar refractivity (Wildman–Crippen MR) is 94.7 cm³/mol. The largest absolute Gasteiger partial charge is 0.393 e. The van der Waals surface area contributed by atoms with E-state index in [2.05, 4.69) is 39.2 Å². The number of hydrogen-bond acceptors (Lipinski definition) is 5. The highest BCUT2D eigenvalue weighted by Gasteiger charge is 2.20. The van der Waals surface area contributed by atoms with E-state index >= 15 is 0 Å². The number of aliphatic hydroxyl groups is 2. The van der Waals surface area contributed by atoms with Crippen molar-refractivity contribution in [1.29, 1.82) is 0 Å². The van der Waals surface area contributed by atoms with Gasteiger partial charge in [0.25, 0.3) is 0 Å². The van der Waals surface area contributed by atoms with Crippen LogP contribution in [0.5, 0.6) is 0 Å². The SMILES string of the molecule is OCC(O)c1cc2n(n1)CCCN(Cc1cccc3cnccc13)C2. The molecule has 0 spiro atoms. The van der Waals surface area contributed by atoms with E-state index < -0.39 is 6.10 Å². The minimum absolute atomic E-state index is 0.301. The third-order valence-corrected chi connectivity index (χ3v) is 4.79. The summed E-state index contributed by atoms with van der Waals surface area (Å²) in [5.74, 6) is 0. The van der Waals surface area contributed by atoms with Crippen molar-refractivity contribution in [2.45, 2.75) is 32.2 Å². The molecule has 1 aliphatic rings. The molecule has 2 N–H and O–H groups in total. The van der Waals surface area contributed by atoms with E-state index in [1.54, 1.807) is 0 Å². The van der Waals surface area contributed by atoms with Crippen LogP contribution in [0.25, 0.3) is 10.8 Å². The second-order valence-corrected chi connectivity index (χ2v) is 6.56. The van der Waals surface area contributed by atoms with E-state index in [1.165, 1.54) is 10.9 Å². The summed E-state index contributed by atoms with van der Waals surface area (Å²) < 4.78 is 1.96. The Morgan fingerprint density at radius 2 is 2.12 bits per heavy atom. The van der Waals surface area contributed by atoms with Crippen molar-refractivity contribution in [2.75, 3.05) is 13.2 Å². The van der Waals surface area contributed by atoms with Crippen LogP contribution in [0.4, 0.5) is 0 Å². The molecule has 1 unspecified atom stereocenters. The normalized spacial score (nSPS) is 16.6. The zero-order valence-electron chi connectivity index (χ0n) is 14.0. The average molecular weight is 338 g/mol. The maximum Gasteiger partial charge on any atom is 0.121 e. The number of hydrogen-bond donors (Lipinski definition) is 2. The molecule has 25 heavy (non-hydrogen) atoms. The van der Waals surface area contributed by atoms with Crippen molar-refractivity contribution in [2.24, 2.45) is 0 Å². The lowest BCUT2D eigenvalue weighted by atomic mass is 10.1. The Labute approximate surface area is 146 Å². The zero-order chi connectivity index (χ0) is 17.2. The second kappa shape index (κ2) is 6.92. The zero-order valence-corrected chi connectivity index (χ0v) is 14.0. The summed E-state index contributed by atoms with van der Waals surface area (Å²) in [5, 5.41) is 25.8. The molecule has 3 heterocycles. The molecule has 4 rings (SSSR count). The molecule has 0 fully saturated rings. The molecule has 130 valence electrons. The Kier molecular flexibility index (Phi) is 4.48. The number of aliphatic hydroxyl groups excluding tert-OH is 2. The van der Waals surface area contributed by atoms with Gasteiger partial charge < -0.3 is 10.2 Å². The fourth-order valence-corrected chi connectivity index (χ4v) is 3.51. The molecule has 0 aliphatic carbocycles. The van der Waals surface area contributed by atoms with Crippen molar-refractivity contribution in [3.05, 3.63) is 59.7 Å². The topological polar surface area (TPSA) is 74.4 Å². The van der Waals surface area contributed by atoms with Gasteiger partial charge in [-0.05, 0) is 29.5 Å². The smallest absolute Gasteiger partial charge is 0.121 e. The molecule has 2 aromatic heterocycles. The quantitative estimate of drug-likeness (QED) is 0.760. The van der Waals surface area contributed by atoms with Gasteiger partial charge in [0.2, 0.25) is 0 Å². The molecular weight excluding hydrogens is 316 g/mol. The van der Waals surface area contributed by atoms with Gasteiger partial charge in [-0.25, -0.2) is 0 Å². The summed E-state index contributed by atoms with van der Waals surface area (Å²) >= 11 is 0. The van der Waals surface area contributed by atoms with Crippen molar-refractivity contribution in [1.82, 2.24) is 19.7 Å². The number of rotatable bonds is 4. The third-order valence-electron chi connectivity index (χ3n) is 4.79. The monoisotopic (exact) mass is 338 g/mol. The fourth-order valence-electron chi connectivity index (χ4n) is 3.51. The van der Waals surface area contributed by atoms with Crippen LogP contribution < -0.4 is 0 Å². The van der Waals surface area contributed by atoms with Gasteiger partial charge in [-0.3, -0.25) is 14.6 Å². The van der Waals surface area contributed by atoms with E-state index in [0.29, 0.717) is 5.69 Å². The van der Waals surface area contributed by atoms with Crippen LogP contribution in [0.15, 0.2) is 42.7 Å². The van der Waals surface area contributed by atoms with Crippen molar-refractivity contribution < 1.29 is 10.2 Å². The lowest BCUT2D eigenvalue weighted by molar-refractivity contribution is 0.0916. The van der Waals surface area contributed by atoms with Crippen molar-refractivity contribution in [3.8, 4) is 0 Å². The minimum atomic E-state index is -0.904. The molecule has 1 atom stereocenters. The van der Waals surface area contributed by atoms with Crippen LogP contribution in [0, 0.1) is 0 Å². The summed E-state index contributed by atoms with van der Waals surface area (Å²) in [6.45, 7) is 3.19. The number of benzene rings is 1. The van der Waals surface area contributed by atoms with Gasteiger partial charge in [0, 0.05) is 44.0 Å². The molecule has 0 saturated carbocycles. The summed E-state index contributed by atoms with van der Waals surface area (Å²) in [7, 11) is 0. The highest BCUT2D eigenvalue weighted by atomic mass is 16.3. The number of nitrogens with zero attached hydrogens (tertiary/aromatic N) is 4.